The van der Waals surface area contributed by atoms with E-state index in [0.29, 0.717) is 12.1 Å². The van der Waals surface area contributed by atoms with Crippen LogP contribution in [0.5, 0.6) is 0 Å². The molecule has 1 aliphatic heterocycles. The Labute approximate surface area is 236 Å². The van der Waals surface area contributed by atoms with Gasteiger partial charge < -0.3 is 15.5 Å². The van der Waals surface area contributed by atoms with Crippen molar-refractivity contribution in [1.29, 1.82) is 0 Å². The van der Waals surface area contributed by atoms with E-state index in [0.717, 1.165) is 12.1 Å². The van der Waals surface area contributed by atoms with E-state index in [9.17, 15) is 49.1 Å². The van der Waals surface area contributed by atoms with E-state index in [4.69, 9.17) is 4.84 Å². The van der Waals surface area contributed by atoms with Crippen LogP contribution in [0.1, 0.15) is 39.2 Å². The van der Waals surface area contributed by atoms with Crippen molar-refractivity contribution < 1.29 is 53.9 Å². The van der Waals surface area contributed by atoms with Crippen molar-refractivity contribution in [3.63, 3.8) is 0 Å². The van der Waals surface area contributed by atoms with E-state index in [1.807, 2.05) is 0 Å². The molecule has 43 heavy (non-hydrogen) atoms. The zero-order chi connectivity index (χ0) is 31.8. The number of halogens is 9. The maximum atomic E-state index is 14.3. The van der Waals surface area contributed by atoms with E-state index in [2.05, 4.69) is 15.5 Å². The molecule has 1 unspecified atom stereocenters. The molecule has 0 saturated carbocycles. The SMILES string of the molecule is Cc1cc(C(F)(F)F)cc(C2(C(F)(F)F)CC(/C=C/c3ccc(C(=O)NCC(=O)NCC(F)(F)F)c4cncn34)=NO2)c1. The number of pyridine rings is 1. The number of hydrogen-bond acceptors (Lipinski definition) is 5. The fourth-order valence-corrected chi connectivity index (χ4v) is 4.26. The molecule has 0 fully saturated rings. The van der Waals surface area contributed by atoms with Crippen molar-refractivity contribution in [1.82, 2.24) is 20.0 Å². The summed E-state index contributed by atoms with van der Waals surface area (Å²) in [6.07, 6.45) is -10.6. The van der Waals surface area contributed by atoms with Gasteiger partial charge >= 0.3 is 18.5 Å². The molecular weight excluding hydrogens is 601 g/mol. The third kappa shape index (κ3) is 6.91. The molecule has 0 bridgehead atoms. The Balaban J connectivity index is 1.53. The number of fused-ring (bicyclic) bond motifs is 1. The highest BCUT2D eigenvalue weighted by Gasteiger charge is 2.62. The first kappa shape index (κ1) is 31.4. The lowest BCUT2D eigenvalue weighted by Crippen LogP contribution is -2.42. The molecule has 1 atom stereocenters. The first-order valence-corrected chi connectivity index (χ1v) is 12.2. The van der Waals surface area contributed by atoms with E-state index in [1.54, 1.807) is 5.32 Å². The summed E-state index contributed by atoms with van der Waals surface area (Å²) in [5, 5.41) is 7.27. The first-order chi connectivity index (χ1) is 19.9. The van der Waals surface area contributed by atoms with Crippen molar-refractivity contribution >= 4 is 29.1 Å². The number of carbonyl (C=O) groups is 2. The molecule has 1 aliphatic rings. The molecule has 2 amide bonds. The Morgan fingerprint density at radius 2 is 1.74 bits per heavy atom. The average Bonchev–Trinajstić information content (AvgIpc) is 3.56. The minimum Gasteiger partial charge on any atom is -0.374 e. The van der Waals surface area contributed by atoms with Crippen LogP contribution in [0.15, 0.2) is 54.1 Å². The summed E-state index contributed by atoms with van der Waals surface area (Å²) >= 11 is 0. The number of amides is 2. The van der Waals surface area contributed by atoms with Crippen LogP contribution in [0.4, 0.5) is 39.5 Å². The van der Waals surface area contributed by atoms with E-state index in [-0.39, 0.29) is 28.0 Å². The summed E-state index contributed by atoms with van der Waals surface area (Å²) in [5.74, 6) is -1.90. The van der Waals surface area contributed by atoms with Crippen LogP contribution >= 0.6 is 0 Å². The maximum absolute atomic E-state index is 14.3. The second-order valence-electron chi connectivity index (χ2n) is 9.49. The summed E-state index contributed by atoms with van der Waals surface area (Å²) < 4.78 is 121. The van der Waals surface area contributed by atoms with Gasteiger partial charge in [-0.15, -0.1) is 0 Å². The molecule has 2 N–H and O–H groups in total. The Morgan fingerprint density at radius 1 is 1.02 bits per heavy atom. The Morgan fingerprint density at radius 3 is 2.40 bits per heavy atom. The fourth-order valence-electron chi connectivity index (χ4n) is 4.26. The van der Waals surface area contributed by atoms with Crippen LogP contribution in [-0.2, 0) is 21.4 Å². The number of oxime groups is 1. The zero-order valence-electron chi connectivity index (χ0n) is 21.8. The highest BCUT2D eigenvalue weighted by molar-refractivity contribution is 6.03. The summed E-state index contributed by atoms with van der Waals surface area (Å²) in [6, 6.07) is 4.70. The average molecular weight is 621 g/mol. The summed E-state index contributed by atoms with van der Waals surface area (Å²) in [6.45, 7) is -1.10. The molecular formula is C26H20F9N5O3. The molecule has 0 spiro atoms. The molecule has 230 valence electrons. The third-order valence-corrected chi connectivity index (χ3v) is 6.28. The molecule has 3 heterocycles. The number of carbonyl (C=O) groups excluding carboxylic acids is 2. The number of rotatable bonds is 7. The van der Waals surface area contributed by atoms with Gasteiger partial charge in [0, 0.05) is 17.7 Å². The van der Waals surface area contributed by atoms with Crippen molar-refractivity contribution in [3.05, 3.63) is 76.9 Å². The Bertz CT molecular complexity index is 1610. The predicted molar refractivity (Wildman–Crippen MR) is 133 cm³/mol. The number of nitrogens with zero attached hydrogens (tertiary/aromatic N) is 3. The van der Waals surface area contributed by atoms with Crippen molar-refractivity contribution in [2.24, 2.45) is 5.16 Å². The van der Waals surface area contributed by atoms with Gasteiger partial charge in [-0.3, -0.25) is 14.0 Å². The van der Waals surface area contributed by atoms with Gasteiger partial charge in [0.25, 0.3) is 11.5 Å². The van der Waals surface area contributed by atoms with E-state index < -0.39 is 66.6 Å². The maximum Gasteiger partial charge on any atom is 0.435 e. The molecule has 0 aliphatic carbocycles. The summed E-state index contributed by atoms with van der Waals surface area (Å²) in [7, 11) is 0. The highest BCUT2D eigenvalue weighted by atomic mass is 19.4. The number of imidazole rings is 1. The van der Waals surface area contributed by atoms with Gasteiger partial charge in [0.1, 0.15) is 6.54 Å². The molecule has 3 aromatic rings. The number of benzene rings is 1. The number of alkyl halides is 9. The number of nitrogens with one attached hydrogen (secondary N) is 2. The van der Waals surface area contributed by atoms with Gasteiger partial charge in [-0.1, -0.05) is 16.8 Å². The van der Waals surface area contributed by atoms with Crippen LogP contribution in [0.3, 0.4) is 0 Å². The van der Waals surface area contributed by atoms with Crippen LogP contribution in [-0.4, -0.2) is 52.4 Å². The number of aromatic nitrogens is 2. The molecule has 17 heteroatoms. The van der Waals surface area contributed by atoms with Crippen LogP contribution < -0.4 is 10.6 Å². The third-order valence-electron chi connectivity index (χ3n) is 6.28. The van der Waals surface area contributed by atoms with Crippen molar-refractivity contribution in [3.8, 4) is 0 Å². The van der Waals surface area contributed by atoms with Gasteiger partial charge in [-0.2, -0.15) is 39.5 Å². The Kier molecular flexibility index (Phi) is 8.21. The quantitative estimate of drug-likeness (QED) is 0.350. The van der Waals surface area contributed by atoms with Crippen molar-refractivity contribution in [2.45, 2.75) is 37.5 Å². The van der Waals surface area contributed by atoms with Crippen LogP contribution in [0.2, 0.25) is 0 Å². The normalized spacial score (nSPS) is 17.7. The molecule has 0 radical (unpaired) electrons. The van der Waals surface area contributed by atoms with Crippen molar-refractivity contribution in [2.75, 3.05) is 13.1 Å². The molecule has 8 nitrogen and oxygen atoms in total. The summed E-state index contributed by atoms with van der Waals surface area (Å²) in [5.41, 5.74) is -5.06. The van der Waals surface area contributed by atoms with Gasteiger partial charge in [-0.25, -0.2) is 4.98 Å². The minimum atomic E-state index is -5.14. The van der Waals surface area contributed by atoms with Gasteiger partial charge in [-0.05, 0) is 43.3 Å². The Hall–Kier alpha value is -4.57. The largest absolute Gasteiger partial charge is 0.435 e. The number of aryl methyl sites for hydroxylation is 1. The standard InChI is InChI=1S/C26H20F9N5O3/c1-14-6-15(8-16(7-14)25(30,31)32)23(26(33,34)35)9-17(39-43-23)2-3-18-4-5-19(20-10-36-13-40(18)20)22(42)37-11-21(41)38-12-24(27,28)29/h2-8,10,13H,9,11-12H2,1H3,(H,37,42)(H,38,41)/b3-2+. The lowest BCUT2D eigenvalue weighted by Gasteiger charge is -2.30. The zero-order valence-corrected chi connectivity index (χ0v) is 21.8. The number of hydrogen-bond donors (Lipinski definition) is 2. The molecule has 2 aromatic heterocycles. The van der Waals surface area contributed by atoms with Gasteiger partial charge in [0.05, 0.1) is 41.4 Å². The molecule has 4 rings (SSSR count). The lowest BCUT2D eigenvalue weighted by molar-refractivity contribution is -0.276. The summed E-state index contributed by atoms with van der Waals surface area (Å²) in [4.78, 5) is 32.9. The number of allylic oxidation sites excluding steroid dienone is 1. The van der Waals surface area contributed by atoms with E-state index >= 15 is 0 Å². The second-order valence-corrected chi connectivity index (χ2v) is 9.49. The van der Waals surface area contributed by atoms with Gasteiger partial charge in [0.2, 0.25) is 5.91 Å². The monoisotopic (exact) mass is 621 g/mol. The minimum absolute atomic E-state index is 0.0178. The first-order valence-electron chi connectivity index (χ1n) is 12.2. The lowest BCUT2D eigenvalue weighted by atomic mass is 9.86. The predicted octanol–water partition coefficient (Wildman–Crippen LogP) is 5.32. The smallest absolute Gasteiger partial charge is 0.374 e. The van der Waals surface area contributed by atoms with Crippen LogP contribution in [0.25, 0.3) is 11.6 Å². The van der Waals surface area contributed by atoms with Gasteiger partial charge in [0.15, 0.2) is 0 Å². The topological polar surface area (TPSA) is 97.1 Å². The van der Waals surface area contributed by atoms with E-state index in [1.165, 1.54) is 42.1 Å². The van der Waals surface area contributed by atoms with Crippen LogP contribution in [0, 0.1) is 6.92 Å². The highest BCUT2D eigenvalue weighted by Crippen LogP contribution is 2.49. The molecule has 1 aromatic carbocycles. The second kappa shape index (κ2) is 11.3. The fraction of sp³-hybridized carbons (Fsp3) is 0.308. The molecule has 0 saturated heterocycles.